The summed E-state index contributed by atoms with van der Waals surface area (Å²) in [6, 6.07) is 20.8. The number of nitrogens with zero attached hydrogens (tertiary/aromatic N) is 6. The number of carbonyl (C=O) groups is 1. The van der Waals surface area contributed by atoms with Crippen LogP contribution in [0.4, 0.5) is 27.7 Å². The first-order valence-corrected chi connectivity index (χ1v) is 15.3. The van der Waals surface area contributed by atoms with Crippen LogP contribution < -0.4 is 20.4 Å². The van der Waals surface area contributed by atoms with Gasteiger partial charge >= 0.3 is 6.03 Å². The van der Waals surface area contributed by atoms with Crippen molar-refractivity contribution in [1.29, 1.82) is 5.26 Å². The standard InChI is InChI=1S/C33H40N8O3/c1-38(2)27-16-18-39(19-17-27)30-14-13-29(20-31(30)41(43)44)40(33(42)36-22-24-6-4-3-5-7-24)28-11-9-26(10-12-28)37-32-15-8-25(21-34)23-35-32/h3-8,13-15,20,23,26-28H,9-12,16-19,22H2,1-2H3,(H,35,37)(H,36,42). The van der Waals surface area contributed by atoms with Gasteiger partial charge in [0.15, 0.2) is 0 Å². The van der Waals surface area contributed by atoms with Crippen LogP contribution in [0.15, 0.2) is 66.9 Å². The number of carbonyl (C=O) groups excluding carboxylic acids is 1. The number of urea groups is 1. The number of nitriles is 1. The molecule has 2 aromatic carbocycles. The average molecular weight is 597 g/mol. The first-order valence-electron chi connectivity index (χ1n) is 15.3. The third kappa shape index (κ3) is 7.44. The van der Waals surface area contributed by atoms with Gasteiger partial charge in [0.2, 0.25) is 0 Å². The number of piperidine rings is 1. The number of nitro benzene ring substituents is 1. The third-order valence-electron chi connectivity index (χ3n) is 8.78. The van der Waals surface area contributed by atoms with Crippen molar-refractivity contribution in [3.63, 3.8) is 0 Å². The summed E-state index contributed by atoms with van der Waals surface area (Å²) in [6.07, 6.45) is 6.48. The molecule has 1 saturated carbocycles. The van der Waals surface area contributed by atoms with E-state index in [4.69, 9.17) is 5.26 Å². The highest BCUT2D eigenvalue weighted by Crippen LogP contribution is 2.37. The van der Waals surface area contributed by atoms with Crippen molar-refractivity contribution >= 4 is 28.9 Å². The second kappa shape index (κ2) is 14.2. The van der Waals surface area contributed by atoms with Crippen LogP contribution in [0.5, 0.6) is 0 Å². The molecule has 1 aliphatic heterocycles. The summed E-state index contributed by atoms with van der Waals surface area (Å²) in [5.41, 5.74) is 2.64. The molecule has 11 heteroatoms. The molecule has 1 aromatic heterocycles. The Morgan fingerprint density at radius 3 is 2.36 bits per heavy atom. The topological polar surface area (TPSA) is 131 Å². The van der Waals surface area contributed by atoms with E-state index >= 15 is 0 Å². The van der Waals surface area contributed by atoms with Gasteiger partial charge in [-0.05, 0) is 82.4 Å². The van der Waals surface area contributed by atoms with Crippen molar-refractivity contribution in [3.05, 3.63) is 88.1 Å². The van der Waals surface area contributed by atoms with Gasteiger partial charge < -0.3 is 20.4 Å². The number of pyridine rings is 1. The molecular weight excluding hydrogens is 556 g/mol. The number of rotatable bonds is 9. The molecule has 0 radical (unpaired) electrons. The number of nitrogens with one attached hydrogen (secondary N) is 2. The van der Waals surface area contributed by atoms with Crippen LogP contribution in [0.2, 0.25) is 0 Å². The zero-order valence-electron chi connectivity index (χ0n) is 25.4. The van der Waals surface area contributed by atoms with Crippen molar-refractivity contribution in [3.8, 4) is 6.07 Å². The van der Waals surface area contributed by atoms with Crippen molar-refractivity contribution in [2.75, 3.05) is 42.3 Å². The van der Waals surface area contributed by atoms with Gasteiger partial charge in [0.05, 0.1) is 16.2 Å². The van der Waals surface area contributed by atoms with E-state index in [2.05, 4.69) is 45.6 Å². The minimum Gasteiger partial charge on any atom is -0.367 e. The Balaban J connectivity index is 1.35. The predicted molar refractivity (Wildman–Crippen MR) is 172 cm³/mol. The third-order valence-corrected chi connectivity index (χ3v) is 8.78. The van der Waals surface area contributed by atoms with Gasteiger partial charge in [-0.25, -0.2) is 9.78 Å². The Hall–Kier alpha value is -4.69. The summed E-state index contributed by atoms with van der Waals surface area (Å²) in [4.78, 5) is 36.2. The van der Waals surface area contributed by atoms with Crippen molar-refractivity contribution in [1.82, 2.24) is 15.2 Å². The van der Waals surface area contributed by atoms with Gasteiger partial charge in [-0.15, -0.1) is 0 Å². The van der Waals surface area contributed by atoms with E-state index in [1.165, 1.54) is 0 Å². The smallest absolute Gasteiger partial charge is 0.322 e. The fourth-order valence-electron chi connectivity index (χ4n) is 6.28. The van der Waals surface area contributed by atoms with Gasteiger partial charge in [-0.1, -0.05) is 30.3 Å². The van der Waals surface area contributed by atoms with Crippen LogP contribution in [-0.2, 0) is 6.54 Å². The van der Waals surface area contributed by atoms with Crippen LogP contribution in [0.25, 0.3) is 0 Å². The summed E-state index contributed by atoms with van der Waals surface area (Å²) < 4.78 is 0. The van der Waals surface area contributed by atoms with Crippen molar-refractivity contribution < 1.29 is 9.72 Å². The molecule has 0 spiro atoms. The highest BCUT2D eigenvalue weighted by Gasteiger charge is 2.33. The molecule has 3 aromatic rings. The average Bonchev–Trinajstić information content (AvgIpc) is 3.05. The molecule has 0 unspecified atom stereocenters. The molecule has 2 fully saturated rings. The summed E-state index contributed by atoms with van der Waals surface area (Å²) in [6.45, 7) is 1.85. The summed E-state index contributed by atoms with van der Waals surface area (Å²) in [7, 11) is 4.14. The van der Waals surface area contributed by atoms with E-state index in [1.807, 2.05) is 42.5 Å². The van der Waals surface area contributed by atoms with E-state index < -0.39 is 0 Å². The number of aromatic nitrogens is 1. The van der Waals surface area contributed by atoms with E-state index in [-0.39, 0.29) is 28.7 Å². The van der Waals surface area contributed by atoms with Gasteiger partial charge in [-0.2, -0.15) is 5.26 Å². The SMILES string of the molecule is CN(C)C1CCN(c2ccc(N(C(=O)NCc3ccccc3)C3CCC(Nc4ccc(C#N)cn4)CC3)cc2[N+](=O)[O-])CC1. The van der Waals surface area contributed by atoms with Gasteiger partial charge in [-0.3, -0.25) is 15.0 Å². The first kappa shape index (κ1) is 30.8. The maximum absolute atomic E-state index is 13.8. The predicted octanol–water partition coefficient (Wildman–Crippen LogP) is 5.53. The number of amides is 2. The highest BCUT2D eigenvalue weighted by atomic mass is 16.6. The largest absolute Gasteiger partial charge is 0.367 e. The molecule has 11 nitrogen and oxygen atoms in total. The van der Waals surface area contributed by atoms with Crippen molar-refractivity contribution in [2.24, 2.45) is 0 Å². The quantitative estimate of drug-likeness (QED) is 0.244. The van der Waals surface area contributed by atoms with E-state index in [9.17, 15) is 14.9 Å². The molecule has 230 valence electrons. The molecule has 0 bridgehead atoms. The Labute approximate surface area is 258 Å². The minimum atomic E-state index is -0.331. The summed E-state index contributed by atoms with van der Waals surface area (Å²) >= 11 is 0. The lowest BCUT2D eigenvalue weighted by Gasteiger charge is -2.38. The number of hydrogen-bond donors (Lipinski definition) is 2. The second-order valence-corrected chi connectivity index (χ2v) is 11.8. The molecule has 2 heterocycles. The fraction of sp³-hybridized carbons (Fsp3) is 0.424. The maximum Gasteiger partial charge on any atom is 0.322 e. The Morgan fingerprint density at radius 1 is 1.02 bits per heavy atom. The zero-order valence-corrected chi connectivity index (χ0v) is 25.4. The minimum absolute atomic E-state index is 0.0221. The highest BCUT2D eigenvalue weighted by molar-refractivity contribution is 5.93. The Bertz CT molecular complexity index is 1460. The molecule has 0 atom stereocenters. The maximum atomic E-state index is 13.8. The second-order valence-electron chi connectivity index (χ2n) is 11.8. The molecule has 2 amide bonds. The van der Waals surface area contributed by atoms with Gasteiger partial charge in [0.1, 0.15) is 17.6 Å². The molecule has 1 aliphatic carbocycles. The monoisotopic (exact) mass is 596 g/mol. The lowest BCUT2D eigenvalue weighted by molar-refractivity contribution is -0.384. The van der Waals surface area contributed by atoms with Crippen LogP contribution in [0.1, 0.15) is 49.7 Å². The molecule has 2 N–H and O–H groups in total. The Morgan fingerprint density at radius 2 is 1.75 bits per heavy atom. The van der Waals surface area contributed by atoms with Gasteiger partial charge in [0, 0.05) is 50.0 Å². The first-order chi connectivity index (χ1) is 21.3. The van der Waals surface area contributed by atoms with Gasteiger partial charge in [0.25, 0.3) is 5.69 Å². The lowest BCUT2D eigenvalue weighted by Crippen LogP contribution is -2.48. The number of hydrogen-bond acceptors (Lipinski definition) is 8. The molecule has 44 heavy (non-hydrogen) atoms. The van der Waals surface area contributed by atoms with Crippen LogP contribution in [0.3, 0.4) is 0 Å². The summed E-state index contributed by atoms with van der Waals surface area (Å²) in [5.74, 6) is 0.714. The van der Waals surface area contributed by atoms with E-state index in [1.54, 1.807) is 29.3 Å². The summed E-state index contributed by atoms with van der Waals surface area (Å²) in [5, 5.41) is 27.9. The fourth-order valence-corrected chi connectivity index (χ4v) is 6.28. The zero-order chi connectivity index (χ0) is 31.1. The van der Waals surface area contributed by atoms with Crippen LogP contribution >= 0.6 is 0 Å². The number of nitro groups is 1. The lowest BCUT2D eigenvalue weighted by atomic mass is 9.89. The number of benzene rings is 2. The molecule has 1 saturated heterocycles. The number of anilines is 3. The molecule has 5 rings (SSSR count). The molecular formula is C33H40N8O3. The molecule has 2 aliphatic rings. The van der Waals surface area contributed by atoms with E-state index in [0.29, 0.717) is 35.3 Å². The van der Waals surface area contributed by atoms with Crippen molar-refractivity contribution in [2.45, 2.75) is 63.2 Å². The normalized spacial score (nSPS) is 18.8. The van der Waals surface area contributed by atoms with Crippen LogP contribution in [0, 0.1) is 21.4 Å². The van der Waals surface area contributed by atoms with E-state index in [0.717, 1.165) is 57.2 Å². The van der Waals surface area contributed by atoms with Crippen LogP contribution in [-0.4, -0.2) is 66.1 Å². The Kier molecular flexibility index (Phi) is 9.92.